The Hall–Kier alpha value is -1.34. The minimum atomic E-state index is 0.608. The molecule has 3 nitrogen and oxygen atoms in total. The Morgan fingerprint density at radius 3 is 2.62 bits per heavy atom. The maximum absolute atomic E-state index is 8.52. The van der Waals surface area contributed by atoms with Crippen molar-refractivity contribution in [3.05, 3.63) is 18.2 Å². The molecule has 0 fully saturated rings. The van der Waals surface area contributed by atoms with Crippen LogP contribution in [0.1, 0.15) is 0 Å². The number of benzene rings is 1. The van der Waals surface area contributed by atoms with Crippen molar-refractivity contribution in [3.8, 4) is 16.9 Å². The van der Waals surface area contributed by atoms with Crippen LogP contribution < -0.4 is 9.47 Å². The summed E-state index contributed by atoms with van der Waals surface area (Å²) in [4.78, 5) is 0.768. The average molecular weight is 195 g/mol. The van der Waals surface area contributed by atoms with E-state index in [1.165, 1.54) is 0 Å². The van der Waals surface area contributed by atoms with E-state index in [0.717, 1.165) is 16.7 Å². The first-order chi connectivity index (χ1) is 6.33. The van der Waals surface area contributed by atoms with E-state index in [1.54, 1.807) is 20.3 Å². The largest absolute Gasteiger partial charge is 0.493 e. The van der Waals surface area contributed by atoms with Gasteiger partial charge in [0.2, 0.25) is 0 Å². The summed E-state index contributed by atoms with van der Waals surface area (Å²) in [5.74, 6) is 1.25. The monoisotopic (exact) mass is 195 g/mol. The Kier molecular flexibility index (Phi) is 3.47. The molecule has 68 valence electrons. The highest BCUT2D eigenvalue weighted by atomic mass is 32.2. The second-order valence-electron chi connectivity index (χ2n) is 2.19. The smallest absolute Gasteiger partial charge is 0.175 e. The first-order valence-electron chi connectivity index (χ1n) is 3.60. The van der Waals surface area contributed by atoms with Crippen LogP contribution in [-0.4, -0.2) is 14.2 Å². The molecule has 0 unspecified atom stereocenters. The number of para-hydroxylation sites is 1. The van der Waals surface area contributed by atoms with Gasteiger partial charge in [-0.1, -0.05) is 6.07 Å². The number of nitriles is 1. The predicted octanol–water partition coefficient (Wildman–Crippen LogP) is 2.28. The molecule has 1 aromatic rings. The molecular formula is C9H9NO2S. The van der Waals surface area contributed by atoms with Crippen LogP contribution in [0.15, 0.2) is 23.1 Å². The topological polar surface area (TPSA) is 42.2 Å². The molecule has 0 aliphatic rings. The molecule has 1 aromatic carbocycles. The van der Waals surface area contributed by atoms with Crippen molar-refractivity contribution in [1.82, 2.24) is 0 Å². The van der Waals surface area contributed by atoms with Crippen LogP contribution >= 0.6 is 11.8 Å². The van der Waals surface area contributed by atoms with E-state index in [4.69, 9.17) is 14.7 Å². The Bertz CT molecular complexity index is 333. The third kappa shape index (κ3) is 2.07. The number of thiocyanates is 1. The summed E-state index contributed by atoms with van der Waals surface area (Å²) in [5, 5.41) is 10.5. The van der Waals surface area contributed by atoms with Crippen LogP contribution in [0.3, 0.4) is 0 Å². The highest BCUT2D eigenvalue weighted by Crippen LogP contribution is 2.36. The molecule has 0 amide bonds. The second-order valence-corrected chi connectivity index (χ2v) is 3.01. The maximum atomic E-state index is 8.52. The third-order valence-corrected chi connectivity index (χ3v) is 2.16. The average Bonchev–Trinajstić information content (AvgIpc) is 2.18. The Morgan fingerprint density at radius 1 is 1.31 bits per heavy atom. The number of ether oxygens (including phenoxy) is 2. The van der Waals surface area contributed by atoms with Gasteiger partial charge >= 0.3 is 0 Å². The zero-order valence-corrected chi connectivity index (χ0v) is 8.22. The van der Waals surface area contributed by atoms with E-state index < -0.39 is 0 Å². The zero-order chi connectivity index (χ0) is 9.68. The van der Waals surface area contributed by atoms with Gasteiger partial charge < -0.3 is 9.47 Å². The number of nitrogens with zero attached hydrogens (tertiary/aromatic N) is 1. The molecule has 0 radical (unpaired) electrons. The first kappa shape index (κ1) is 9.75. The Morgan fingerprint density at radius 2 is 2.08 bits per heavy atom. The molecule has 13 heavy (non-hydrogen) atoms. The number of thioether (sulfide) groups is 1. The fourth-order valence-electron chi connectivity index (χ4n) is 0.987. The standard InChI is InChI=1S/C9H9NO2S/c1-11-7-4-3-5-8(13-6-10)9(7)12-2/h3-5H,1-2H3. The molecule has 0 spiro atoms. The normalized spacial score (nSPS) is 9.00. The van der Waals surface area contributed by atoms with Gasteiger partial charge in [0.25, 0.3) is 0 Å². The molecule has 0 bridgehead atoms. The van der Waals surface area contributed by atoms with Gasteiger partial charge in [0.1, 0.15) is 5.40 Å². The summed E-state index contributed by atoms with van der Waals surface area (Å²) < 4.78 is 10.2. The van der Waals surface area contributed by atoms with Gasteiger partial charge in [0.15, 0.2) is 11.5 Å². The Labute approximate surface area is 81.3 Å². The van der Waals surface area contributed by atoms with Crippen molar-refractivity contribution in [2.45, 2.75) is 4.90 Å². The van der Waals surface area contributed by atoms with Crippen LogP contribution in [0.5, 0.6) is 11.5 Å². The maximum Gasteiger partial charge on any atom is 0.175 e. The first-order valence-corrected chi connectivity index (χ1v) is 4.42. The Balaban J connectivity index is 3.12. The summed E-state index contributed by atoms with van der Waals surface area (Å²) in [6.07, 6.45) is 0. The SMILES string of the molecule is COc1cccc(SC#N)c1OC. The third-order valence-electron chi connectivity index (χ3n) is 1.52. The molecule has 0 atom stereocenters. The molecule has 0 aromatic heterocycles. The number of hydrogen-bond acceptors (Lipinski definition) is 4. The van der Waals surface area contributed by atoms with Gasteiger partial charge in [-0.05, 0) is 23.9 Å². The lowest BCUT2D eigenvalue weighted by Gasteiger charge is -2.09. The predicted molar refractivity (Wildman–Crippen MR) is 51.0 cm³/mol. The van der Waals surface area contributed by atoms with Gasteiger partial charge in [0.05, 0.1) is 19.1 Å². The fraction of sp³-hybridized carbons (Fsp3) is 0.222. The van der Waals surface area contributed by atoms with Gasteiger partial charge in [0, 0.05) is 0 Å². The lowest BCUT2D eigenvalue weighted by Crippen LogP contribution is -1.91. The summed E-state index contributed by atoms with van der Waals surface area (Å²) in [6, 6.07) is 5.43. The van der Waals surface area contributed by atoms with Crippen LogP contribution in [0.4, 0.5) is 0 Å². The molecule has 0 N–H and O–H groups in total. The molecule has 1 rings (SSSR count). The highest BCUT2D eigenvalue weighted by molar-refractivity contribution is 8.03. The fourth-order valence-corrected chi connectivity index (χ4v) is 1.51. The lowest BCUT2D eigenvalue weighted by molar-refractivity contribution is 0.348. The lowest BCUT2D eigenvalue weighted by atomic mass is 10.3. The molecule has 0 aliphatic heterocycles. The number of hydrogen-bond donors (Lipinski definition) is 0. The molecule has 4 heteroatoms. The minimum Gasteiger partial charge on any atom is -0.493 e. The van der Waals surface area contributed by atoms with Crippen LogP contribution in [0, 0.1) is 10.7 Å². The number of rotatable bonds is 3. The summed E-state index contributed by atoms with van der Waals surface area (Å²) in [7, 11) is 3.12. The van der Waals surface area contributed by atoms with E-state index in [9.17, 15) is 0 Å². The summed E-state index contributed by atoms with van der Waals surface area (Å²) in [5.41, 5.74) is 0. The van der Waals surface area contributed by atoms with Gasteiger partial charge in [-0.15, -0.1) is 0 Å². The quantitative estimate of drug-likeness (QED) is 0.548. The van der Waals surface area contributed by atoms with E-state index in [1.807, 2.05) is 17.5 Å². The second kappa shape index (κ2) is 4.63. The van der Waals surface area contributed by atoms with Crippen molar-refractivity contribution in [2.24, 2.45) is 0 Å². The van der Waals surface area contributed by atoms with Gasteiger partial charge in [-0.2, -0.15) is 5.26 Å². The van der Waals surface area contributed by atoms with Crippen LogP contribution in [0.25, 0.3) is 0 Å². The highest BCUT2D eigenvalue weighted by Gasteiger charge is 2.08. The molecule has 0 aliphatic carbocycles. The van der Waals surface area contributed by atoms with Crippen LogP contribution in [-0.2, 0) is 0 Å². The van der Waals surface area contributed by atoms with Crippen molar-refractivity contribution < 1.29 is 9.47 Å². The van der Waals surface area contributed by atoms with Crippen molar-refractivity contribution in [3.63, 3.8) is 0 Å². The molecule has 0 heterocycles. The van der Waals surface area contributed by atoms with Crippen molar-refractivity contribution in [2.75, 3.05) is 14.2 Å². The minimum absolute atomic E-state index is 0.608. The summed E-state index contributed by atoms with van der Waals surface area (Å²) >= 11 is 1.06. The molecule has 0 saturated carbocycles. The molecule has 0 saturated heterocycles. The van der Waals surface area contributed by atoms with Gasteiger partial charge in [-0.25, -0.2) is 0 Å². The van der Waals surface area contributed by atoms with Gasteiger partial charge in [-0.3, -0.25) is 0 Å². The van der Waals surface area contributed by atoms with Crippen molar-refractivity contribution >= 4 is 11.8 Å². The van der Waals surface area contributed by atoms with E-state index in [0.29, 0.717) is 11.5 Å². The van der Waals surface area contributed by atoms with Crippen LogP contribution in [0.2, 0.25) is 0 Å². The summed E-state index contributed by atoms with van der Waals surface area (Å²) in [6.45, 7) is 0. The molecular weight excluding hydrogens is 186 g/mol. The zero-order valence-electron chi connectivity index (χ0n) is 7.40. The van der Waals surface area contributed by atoms with E-state index in [-0.39, 0.29) is 0 Å². The van der Waals surface area contributed by atoms with E-state index in [2.05, 4.69) is 0 Å². The number of methoxy groups -OCH3 is 2. The van der Waals surface area contributed by atoms with Crippen molar-refractivity contribution in [1.29, 1.82) is 5.26 Å². The van der Waals surface area contributed by atoms with E-state index >= 15 is 0 Å².